The molecule has 0 radical (unpaired) electrons. The van der Waals surface area contributed by atoms with Crippen LogP contribution in [0.5, 0.6) is 0 Å². The number of piperidine rings is 1. The summed E-state index contributed by atoms with van der Waals surface area (Å²) in [6.45, 7) is 6.98. The number of thiophene rings is 1. The Balaban J connectivity index is 1.27. The predicted octanol–water partition coefficient (Wildman–Crippen LogP) is 5.24. The standard InChI is InChI=1S/C32H35N5O4S2/c1-22-19-23(2)37(34-22)32(39)29-27-15-18-35(20-24-9-5-3-6-10-24)21-28(27)42-31(29)33-30(38)25-11-13-26(14-12-25)43(40,41)36-16-7-4-8-17-36/h3,5-6,9-14,19H,4,7-8,15-18,20-21H2,1-2H3,(H,33,38). The second-order valence-electron chi connectivity index (χ2n) is 11.2. The van der Waals surface area contributed by atoms with E-state index in [9.17, 15) is 18.0 Å². The fraction of sp³-hybridized carbons (Fsp3) is 0.344. The summed E-state index contributed by atoms with van der Waals surface area (Å²) in [6.07, 6.45) is 3.42. The van der Waals surface area contributed by atoms with E-state index in [0.717, 1.165) is 54.2 Å². The van der Waals surface area contributed by atoms with Crippen LogP contribution in [0, 0.1) is 13.8 Å². The number of aryl methyl sites for hydroxylation is 2. The van der Waals surface area contributed by atoms with Gasteiger partial charge in [-0.05, 0) is 74.6 Å². The number of nitrogens with one attached hydrogen (secondary N) is 1. The Kier molecular flexibility index (Phi) is 8.32. The number of hydrogen-bond donors (Lipinski definition) is 1. The van der Waals surface area contributed by atoms with Crippen molar-refractivity contribution in [1.82, 2.24) is 19.0 Å². The quantitative estimate of drug-likeness (QED) is 0.304. The average Bonchev–Trinajstić information content (AvgIpc) is 3.55. The van der Waals surface area contributed by atoms with Gasteiger partial charge in [-0.3, -0.25) is 14.5 Å². The van der Waals surface area contributed by atoms with E-state index in [0.29, 0.717) is 42.2 Å². The third kappa shape index (κ3) is 6.08. The number of fused-ring (bicyclic) bond motifs is 1. The van der Waals surface area contributed by atoms with Gasteiger partial charge < -0.3 is 5.32 Å². The lowest BCUT2D eigenvalue weighted by atomic mass is 10.0. The summed E-state index contributed by atoms with van der Waals surface area (Å²) in [4.78, 5) is 30.9. The van der Waals surface area contributed by atoms with Gasteiger partial charge in [0.15, 0.2) is 0 Å². The third-order valence-electron chi connectivity index (χ3n) is 8.10. The first kappa shape index (κ1) is 29.4. The molecule has 4 heterocycles. The molecule has 1 saturated heterocycles. The molecule has 0 aliphatic carbocycles. The van der Waals surface area contributed by atoms with Crippen LogP contribution in [0.1, 0.15) is 67.4 Å². The summed E-state index contributed by atoms with van der Waals surface area (Å²) < 4.78 is 29.1. The highest BCUT2D eigenvalue weighted by Crippen LogP contribution is 2.38. The number of anilines is 1. The summed E-state index contributed by atoms with van der Waals surface area (Å²) in [6, 6.07) is 18.2. The number of benzene rings is 2. The van der Waals surface area contributed by atoms with Crippen molar-refractivity contribution in [3.63, 3.8) is 0 Å². The molecule has 11 heteroatoms. The van der Waals surface area contributed by atoms with Crippen molar-refractivity contribution in [1.29, 1.82) is 0 Å². The molecule has 6 rings (SSSR count). The summed E-state index contributed by atoms with van der Waals surface area (Å²) in [5, 5.41) is 7.89. The third-order valence-corrected chi connectivity index (χ3v) is 11.1. The van der Waals surface area contributed by atoms with E-state index in [1.807, 2.05) is 38.1 Å². The number of amides is 1. The minimum Gasteiger partial charge on any atom is -0.313 e. The summed E-state index contributed by atoms with van der Waals surface area (Å²) in [7, 11) is -3.60. The molecule has 0 bridgehead atoms. The molecule has 1 fully saturated rings. The second-order valence-corrected chi connectivity index (χ2v) is 14.3. The molecular weight excluding hydrogens is 583 g/mol. The highest BCUT2D eigenvalue weighted by atomic mass is 32.2. The number of aromatic nitrogens is 2. The van der Waals surface area contributed by atoms with Gasteiger partial charge in [0.2, 0.25) is 10.0 Å². The second kappa shape index (κ2) is 12.2. The van der Waals surface area contributed by atoms with E-state index in [2.05, 4.69) is 27.4 Å². The Labute approximate surface area is 256 Å². The largest absolute Gasteiger partial charge is 0.313 e. The summed E-state index contributed by atoms with van der Waals surface area (Å²) in [5.74, 6) is -0.665. The van der Waals surface area contributed by atoms with Crippen LogP contribution in [0.25, 0.3) is 0 Å². The molecule has 9 nitrogen and oxygen atoms in total. The maximum Gasteiger partial charge on any atom is 0.281 e. The van der Waals surface area contributed by atoms with Gasteiger partial charge in [0, 0.05) is 48.9 Å². The maximum absolute atomic E-state index is 13.9. The molecule has 0 unspecified atom stereocenters. The van der Waals surface area contributed by atoms with E-state index < -0.39 is 15.9 Å². The average molecular weight is 618 g/mol. The lowest BCUT2D eigenvalue weighted by Crippen LogP contribution is -2.35. The zero-order chi connectivity index (χ0) is 30.1. The Morgan fingerprint density at radius 3 is 2.35 bits per heavy atom. The van der Waals surface area contributed by atoms with Crippen LogP contribution in [0.2, 0.25) is 0 Å². The van der Waals surface area contributed by atoms with Crippen molar-refractivity contribution in [2.24, 2.45) is 0 Å². The number of carbonyl (C=O) groups excluding carboxylic acids is 2. The van der Waals surface area contributed by atoms with Crippen LogP contribution in [-0.2, 0) is 29.5 Å². The summed E-state index contributed by atoms with van der Waals surface area (Å²) >= 11 is 1.42. The van der Waals surface area contributed by atoms with Gasteiger partial charge in [0.05, 0.1) is 16.2 Å². The molecule has 4 aromatic rings. The normalized spacial score (nSPS) is 16.1. The monoisotopic (exact) mass is 617 g/mol. The lowest BCUT2D eigenvalue weighted by molar-refractivity contribution is 0.0942. The lowest BCUT2D eigenvalue weighted by Gasteiger charge is -2.27. The smallest absolute Gasteiger partial charge is 0.281 e. The number of rotatable bonds is 7. The topological polar surface area (TPSA) is 105 Å². The minimum atomic E-state index is -3.60. The van der Waals surface area contributed by atoms with Gasteiger partial charge >= 0.3 is 0 Å². The molecule has 0 saturated carbocycles. The van der Waals surface area contributed by atoms with Gasteiger partial charge in [0.25, 0.3) is 11.8 Å². The van der Waals surface area contributed by atoms with E-state index in [1.165, 1.54) is 50.2 Å². The van der Waals surface area contributed by atoms with Crippen LogP contribution in [0.4, 0.5) is 5.00 Å². The van der Waals surface area contributed by atoms with Gasteiger partial charge in [-0.15, -0.1) is 11.3 Å². The molecule has 224 valence electrons. The molecule has 0 atom stereocenters. The highest BCUT2D eigenvalue weighted by molar-refractivity contribution is 7.89. The Bertz CT molecular complexity index is 1750. The Morgan fingerprint density at radius 2 is 1.67 bits per heavy atom. The van der Waals surface area contributed by atoms with Crippen LogP contribution in [-0.4, -0.2) is 58.9 Å². The zero-order valence-corrected chi connectivity index (χ0v) is 26.0. The SMILES string of the molecule is Cc1cc(C)n(C(=O)c2c(NC(=O)c3ccc(S(=O)(=O)N4CCCCC4)cc3)sc3c2CCN(Cc2ccccc2)C3)n1. The van der Waals surface area contributed by atoms with Crippen molar-refractivity contribution in [3.8, 4) is 0 Å². The van der Waals surface area contributed by atoms with Gasteiger partial charge in [-0.1, -0.05) is 36.8 Å². The molecule has 2 aliphatic heterocycles. The van der Waals surface area contributed by atoms with E-state index in [1.54, 1.807) is 0 Å². The predicted molar refractivity (Wildman–Crippen MR) is 167 cm³/mol. The molecule has 1 amide bonds. The molecule has 2 aliphatic rings. The van der Waals surface area contributed by atoms with Gasteiger partial charge in [0.1, 0.15) is 5.00 Å². The molecule has 2 aromatic heterocycles. The fourth-order valence-electron chi connectivity index (χ4n) is 5.90. The van der Waals surface area contributed by atoms with Crippen molar-refractivity contribution < 1.29 is 18.0 Å². The first-order valence-electron chi connectivity index (χ1n) is 14.6. The highest BCUT2D eigenvalue weighted by Gasteiger charge is 2.31. The molecule has 2 aromatic carbocycles. The molecule has 43 heavy (non-hydrogen) atoms. The number of nitrogens with zero attached hydrogens (tertiary/aromatic N) is 4. The molecule has 0 spiro atoms. The van der Waals surface area contributed by atoms with Crippen LogP contribution in [0.15, 0.2) is 65.6 Å². The molecule has 1 N–H and O–H groups in total. The van der Waals surface area contributed by atoms with Crippen LogP contribution in [0.3, 0.4) is 0 Å². The van der Waals surface area contributed by atoms with Crippen LogP contribution < -0.4 is 5.32 Å². The van der Waals surface area contributed by atoms with E-state index in [4.69, 9.17) is 0 Å². The van der Waals surface area contributed by atoms with Crippen molar-refractivity contribution >= 4 is 38.2 Å². The number of sulfonamides is 1. The van der Waals surface area contributed by atoms with Gasteiger partial charge in [-0.25, -0.2) is 13.1 Å². The first-order chi connectivity index (χ1) is 20.7. The Hall–Kier alpha value is -3.64. The van der Waals surface area contributed by atoms with E-state index >= 15 is 0 Å². The fourth-order valence-corrected chi connectivity index (χ4v) is 8.69. The summed E-state index contributed by atoms with van der Waals surface area (Å²) in [5.41, 5.74) is 4.44. The first-order valence-corrected chi connectivity index (χ1v) is 16.9. The Morgan fingerprint density at radius 1 is 0.953 bits per heavy atom. The number of hydrogen-bond acceptors (Lipinski definition) is 7. The maximum atomic E-state index is 13.9. The molecular formula is C32H35N5O4S2. The van der Waals surface area contributed by atoms with Crippen molar-refractivity contribution in [3.05, 3.63) is 99.2 Å². The van der Waals surface area contributed by atoms with Crippen molar-refractivity contribution in [2.75, 3.05) is 25.0 Å². The van der Waals surface area contributed by atoms with Gasteiger partial charge in [-0.2, -0.15) is 9.40 Å². The number of carbonyl (C=O) groups is 2. The van der Waals surface area contributed by atoms with Crippen LogP contribution >= 0.6 is 11.3 Å². The van der Waals surface area contributed by atoms with E-state index in [-0.39, 0.29) is 10.8 Å². The van der Waals surface area contributed by atoms with Crippen molar-refractivity contribution in [2.45, 2.75) is 57.5 Å². The zero-order valence-electron chi connectivity index (χ0n) is 24.4. The minimum absolute atomic E-state index is 0.177.